The molecule has 1 heterocycles. The van der Waals surface area contributed by atoms with Gasteiger partial charge in [0.2, 0.25) is 0 Å². The fourth-order valence-corrected chi connectivity index (χ4v) is 2.26. The molecule has 0 unspecified atom stereocenters. The number of aromatic nitrogens is 1. The highest BCUT2D eigenvalue weighted by Gasteiger charge is 2.17. The molecule has 0 fully saturated rings. The van der Waals surface area contributed by atoms with Crippen molar-refractivity contribution in [3.63, 3.8) is 0 Å². The number of aryl methyl sites for hydroxylation is 1. The summed E-state index contributed by atoms with van der Waals surface area (Å²) in [7, 11) is 0. The molecule has 21 heavy (non-hydrogen) atoms. The second-order valence-electron chi connectivity index (χ2n) is 4.54. The van der Waals surface area contributed by atoms with Crippen molar-refractivity contribution in [2.45, 2.75) is 13.5 Å². The average molecular weight is 351 g/mol. The normalized spacial score (nSPS) is 10.4. The summed E-state index contributed by atoms with van der Waals surface area (Å²) >= 11 is 2.97. The maximum absolute atomic E-state index is 12.1. The van der Waals surface area contributed by atoms with Gasteiger partial charge in [-0.15, -0.1) is 0 Å². The first-order valence-electron chi connectivity index (χ1n) is 6.02. The lowest BCUT2D eigenvalue weighted by atomic mass is 10.1. The molecule has 6 nitrogen and oxygen atoms in total. The third-order valence-electron chi connectivity index (χ3n) is 2.91. The Kier molecular flexibility index (Phi) is 4.32. The van der Waals surface area contributed by atoms with Crippen LogP contribution in [0.2, 0.25) is 0 Å². The van der Waals surface area contributed by atoms with E-state index >= 15 is 0 Å². The van der Waals surface area contributed by atoms with Crippen LogP contribution >= 0.6 is 15.9 Å². The van der Waals surface area contributed by atoms with Crippen LogP contribution in [0.5, 0.6) is 0 Å². The van der Waals surface area contributed by atoms with Gasteiger partial charge in [0.15, 0.2) is 5.78 Å². The molecule has 0 aliphatic carbocycles. The first-order valence-corrected chi connectivity index (χ1v) is 6.81. The quantitative estimate of drug-likeness (QED) is 0.482. The van der Waals surface area contributed by atoms with Crippen LogP contribution in [0.1, 0.15) is 15.9 Å². The number of carbonyl (C=O) groups excluding carboxylic acids is 1. The van der Waals surface area contributed by atoms with Crippen LogP contribution in [-0.4, -0.2) is 15.3 Å². The van der Waals surface area contributed by atoms with Gasteiger partial charge in [-0.25, -0.2) is 0 Å². The van der Waals surface area contributed by atoms with Gasteiger partial charge < -0.3 is 4.57 Å². The van der Waals surface area contributed by atoms with Gasteiger partial charge in [0.1, 0.15) is 0 Å². The van der Waals surface area contributed by atoms with Crippen LogP contribution in [-0.2, 0) is 6.54 Å². The third kappa shape index (κ3) is 3.43. The summed E-state index contributed by atoms with van der Waals surface area (Å²) in [5, 5.41) is 10.8. The highest BCUT2D eigenvalue weighted by molar-refractivity contribution is 9.10. The monoisotopic (exact) mass is 350 g/mol. The lowest BCUT2D eigenvalue weighted by molar-refractivity contribution is -0.386. The predicted molar refractivity (Wildman–Crippen MR) is 80.6 cm³/mol. The number of carbonyl (C=O) groups is 1. The molecule has 0 saturated heterocycles. The summed E-state index contributed by atoms with van der Waals surface area (Å²) in [6, 6.07) is 7.03. The topological polar surface area (TPSA) is 82.2 Å². The Hall–Kier alpha value is -2.28. The lowest BCUT2D eigenvalue weighted by Gasteiger charge is -2.06. The van der Waals surface area contributed by atoms with Crippen LogP contribution in [0.15, 0.2) is 45.9 Å². The van der Waals surface area contributed by atoms with Crippen molar-refractivity contribution in [3.05, 3.63) is 72.6 Å². The van der Waals surface area contributed by atoms with E-state index in [1.54, 1.807) is 12.1 Å². The SMILES string of the molecule is Cc1ccc(C(=O)Cn2cc(Br)c(=O)c([N+](=O)[O-])c2)cc1. The van der Waals surface area contributed by atoms with Crippen molar-refractivity contribution in [1.29, 1.82) is 0 Å². The van der Waals surface area contributed by atoms with Gasteiger partial charge in [-0.2, -0.15) is 0 Å². The Morgan fingerprint density at radius 3 is 2.48 bits per heavy atom. The Labute approximate surface area is 128 Å². The van der Waals surface area contributed by atoms with Gasteiger partial charge in [-0.05, 0) is 22.9 Å². The summed E-state index contributed by atoms with van der Waals surface area (Å²) < 4.78 is 1.37. The van der Waals surface area contributed by atoms with E-state index in [-0.39, 0.29) is 16.8 Å². The summed E-state index contributed by atoms with van der Waals surface area (Å²) in [6.07, 6.45) is 2.43. The van der Waals surface area contributed by atoms with Crippen molar-refractivity contribution in [1.82, 2.24) is 4.57 Å². The molecule has 0 bridgehead atoms. The van der Waals surface area contributed by atoms with Crippen molar-refractivity contribution >= 4 is 27.4 Å². The van der Waals surface area contributed by atoms with Gasteiger partial charge in [-0.3, -0.25) is 19.7 Å². The summed E-state index contributed by atoms with van der Waals surface area (Å²) in [6.45, 7) is 1.83. The number of Topliss-reactive ketones (excluding diaryl/α,β-unsaturated/α-hetero) is 1. The highest BCUT2D eigenvalue weighted by atomic mass is 79.9. The first-order chi connectivity index (χ1) is 9.88. The number of nitrogens with zero attached hydrogens (tertiary/aromatic N) is 2. The lowest BCUT2D eigenvalue weighted by Crippen LogP contribution is -2.16. The van der Waals surface area contributed by atoms with E-state index in [1.807, 2.05) is 19.1 Å². The number of benzene rings is 1. The second kappa shape index (κ2) is 6.01. The molecular formula is C14H11BrN2O4. The summed E-state index contributed by atoms with van der Waals surface area (Å²) in [5.74, 6) is -0.195. The molecule has 0 aliphatic rings. The zero-order chi connectivity index (χ0) is 15.6. The van der Waals surface area contributed by atoms with E-state index in [0.717, 1.165) is 11.8 Å². The van der Waals surface area contributed by atoms with E-state index in [2.05, 4.69) is 15.9 Å². The summed E-state index contributed by atoms with van der Waals surface area (Å²) in [5.41, 5.74) is 0.270. The van der Waals surface area contributed by atoms with Crippen molar-refractivity contribution in [2.24, 2.45) is 0 Å². The number of hydrogen-bond acceptors (Lipinski definition) is 4. The molecule has 7 heteroatoms. The number of hydrogen-bond donors (Lipinski definition) is 0. The van der Waals surface area contributed by atoms with E-state index in [0.29, 0.717) is 5.56 Å². The fraction of sp³-hybridized carbons (Fsp3) is 0.143. The minimum absolute atomic E-state index is 0.0495. The van der Waals surface area contributed by atoms with Crippen LogP contribution in [0.25, 0.3) is 0 Å². The second-order valence-corrected chi connectivity index (χ2v) is 5.39. The fourth-order valence-electron chi connectivity index (χ4n) is 1.80. The van der Waals surface area contributed by atoms with Crippen LogP contribution in [0, 0.1) is 17.0 Å². The maximum atomic E-state index is 12.1. The van der Waals surface area contributed by atoms with Gasteiger partial charge >= 0.3 is 5.69 Å². The average Bonchev–Trinajstić information content (AvgIpc) is 2.43. The van der Waals surface area contributed by atoms with Crippen molar-refractivity contribution in [2.75, 3.05) is 0 Å². The number of ketones is 1. The molecule has 0 amide bonds. The molecule has 0 N–H and O–H groups in total. The van der Waals surface area contributed by atoms with Gasteiger partial charge in [0.25, 0.3) is 5.43 Å². The largest absolute Gasteiger partial charge is 0.339 e. The molecule has 0 saturated carbocycles. The Morgan fingerprint density at radius 2 is 1.90 bits per heavy atom. The minimum atomic E-state index is -0.764. The van der Waals surface area contributed by atoms with E-state index in [4.69, 9.17) is 0 Å². The summed E-state index contributed by atoms with van der Waals surface area (Å²) in [4.78, 5) is 33.7. The molecule has 0 atom stereocenters. The molecule has 0 aliphatic heterocycles. The van der Waals surface area contributed by atoms with Gasteiger partial charge in [0, 0.05) is 11.8 Å². The third-order valence-corrected chi connectivity index (χ3v) is 3.48. The zero-order valence-electron chi connectivity index (χ0n) is 11.1. The van der Waals surface area contributed by atoms with Gasteiger partial charge in [-0.1, -0.05) is 29.8 Å². The molecule has 1 aromatic carbocycles. The molecule has 2 aromatic rings. The van der Waals surface area contributed by atoms with Crippen LogP contribution < -0.4 is 5.43 Å². The zero-order valence-corrected chi connectivity index (χ0v) is 12.7. The van der Waals surface area contributed by atoms with E-state index in [1.165, 1.54) is 10.8 Å². The van der Waals surface area contributed by atoms with E-state index in [9.17, 15) is 19.7 Å². The number of rotatable bonds is 4. The van der Waals surface area contributed by atoms with Crippen molar-refractivity contribution in [3.8, 4) is 0 Å². The Bertz CT molecular complexity index is 766. The Balaban J connectivity index is 2.31. The predicted octanol–water partition coefficient (Wildman–Crippen LogP) is 2.71. The van der Waals surface area contributed by atoms with Gasteiger partial charge in [0.05, 0.1) is 22.1 Å². The molecule has 1 aromatic heterocycles. The smallest absolute Gasteiger partial charge is 0.333 e. The minimum Gasteiger partial charge on any atom is -0.339 e. The van der Waals surface area contributed by atoms with Crippen molar-refractivity contribution < 1.29 is 9.72 Å². The van der Waals surface area contributed by atoms with Crippen LogP contribution in [0.4, 0.5) is 5.69 Å². The number of pyridine rings is 1. The Morgan fingerprint density at radius 1 is 1.29 bits per heavy atom. The number of halogens is 1. The first kappa shape index (κ1) is 15.1. The van der Waals surface area contributed by atoms with E-state index < -0.39 is 16.0 Å². The molecule has 0 spiro atoms. The molecule has 2 rings (SSSR count). The number of nitro groups is 1. The molecular weight excluding hydrogens is 340 g/mol. The highest BCUT2D eigenvalue weighted by Crippen LogP contribution is 2.12. The van der Waals surface area contributed by atoms with Crippen LogP contribution in [0.3, 0.4) is 0 Å². The maximum Gasteiger partial charge on any atom is 0.333 e. The standard InChI is InChI=1S/C14H11BrN2O4/c1-9-2-4-10(5-3-9)13(18)8-16-6-11(15)14(19)12(7-16)17(20)21/h2-7H,8H2,1H3. The molecule has 108 valence electrons. The molecule has 0 radical (unpaired) electrons.